The van der Waals surface area contributed by atoms with E-state index in [1.165, 1.54) is 29.5 Å². The number of nitrogens with zero attached hydrogens (tertiary/aromatic N) is 2. The average Bonchev–Trinajstić information content (AvgIpc) is 3.06. The number of rotatable bonds is 3. The zero-order valence-corrected chi connectivity index (χ0v) is 16.2. The molecule has 1 atom stereocenters. The van der Waals surface area contributed by atoms with E-state index in [-0.39, 0.29) is 24.3 Å². The minimum atomic E-state index is -0.548. The van der Waals surface area contributed by atoms with Crippen LogP contribution in [0.2, 0.25) is 5.02 Å². The Morgan fingerprint density at radius 2 is 2.15 bits per heavy atom. The predicted molar refractivity (Wildman–Crippen MR) is 103 cm³/mol. The Labute approximate surface area is 165 Å². The van der Waals surface area contributed by atoms with E-state index >= 15 is 0 Å². The summed E-state index contributed by atoms with van der Waals surface area (Å²) in [6.45, 7) is 2.94. The van der Waals surface area contributed by atoms with Gasteiger partial charge in [-0.3, -0.25) is 10.2 Å². The zero-order valence-electron chi connectivity index (χ0n) is 13.8. The minimum absolute atomic E-state index is 0. The van der Waals surface area contributed by atoms with Crippen LogP contribution in [0.25, 0.3) is 10.4 Å². The third-order valence-electron chi connectivity index (χ3n) is 4.82. The quantitative estimate of drug-likeness (QED) is 0.788. The van der Waals surface area contributed by atoms with Gasteiger partial charge in [0.2, 0.25) is 0 Å². The van der Waals surface area contributed by atoms with Crippen LogP contribution in [0.3, 0.4) is 0 Å². The van der Waals surface area contributed by atoms with Gasteiger partial charge in [-0.2, -0.15) is 0 Å². The number of ether oxygens (including phenoxy) is 1. The van der Waals surface area contributed by atoms with Crippen LogP contribution in [0.4, 0.5) is 15.0 Å². The molecule has 2 bridgehead atoms. The van der Waals surface area contributed by atoms with Crippen LogP contribution in [0.1, 0.15) is 12.8 Å². The summed E-state index contributed by atoms with van der Waals surface area (Å²) in [4.78, 5) is 19.2. The van der Waals surface area contributed by atoms with Crippen LogP contribution < -0.4 is 5.32 Å². The molecule has 3 saturated heterocycles. The van der Waals surface area contributed by atoms with Gasteiger partial charge in [-0.15, -0.1) is 23.7 Å². The lowest BCUT2D eigenvalue weighted by Crippen LogP contribution is -2.52. The summed E-state index contributed by atoms with van der Waals surface area (Å²) >= 11 is 7.20. The van der Waals surface area contributed by atoms with Gasteiger partial charge in [-0.25, -0.2) is 14.2 Å². The SMILES string of the molecule is Cl.O=C(Nc1ncsc1-c1cc(Cl)ccc1F)O[C@H]1CN2CCC1CC2. The van der Waals surface area contributed by atoms with Crippen LogP contribution >= 0.6 is 35.3 Å². The number of thiazole rings is 1. The summed E-state index contributed by atoms with van der Waals surface area (Å²) in [7, 11) is 0. The Hall–Kier alpha value is -1.41. The molecule has 1 amide bonds. The second kappa shape index (κ2) is 8.08. The molecule has 0 aliphatic carbocycles. The van der Waals surface area contributed by atoms with Gasteiger partial charge in [0.05, 0.1) is 10.4 Å². The smallest absolute Gasteiger partial charge is 0.413 e. The molecule has 0 unspecified atom stereocenters. The maximum Gasteiger partial charge on any atom is 0.413 e. The lowest BCUT2D eigenvalue weighted by Gasteiger charge is -2.43. The lowest BCUT2D eigenvalue weighted by molar-refractivity contribution is -0.0290. The number of amides is 1. The highest BCUT2D eigenvalue weighted by Crippen LogP contribution is 2.35. The number of nitrogens with one attached hydrogen (secondary N) is 1. The number of carbonyl (C=O) groups excluding carboxylic acids is 1. The molecule has 3 fully saturated rings. The first-order valence-corrected chi connectivity index (χ1v) is 9.45. The van der Waals surface area contributed by atoms with Crippen LogP contribution in [0.5, 0.6) is 0 Å². The van der Waals surface area contributed by atoms with Gasteiger partial charge >= 0.3 is 6.09 Å². The van der Waals surface area contributed by atoms with Crippen LogP contribution in [0, 0.1) is 11.7 Å². The fraction of sp³-hybridized carbons (Fsp3) is 0.412. The molecule has 3 aliphatic heterocycles. The highest BCUT2D eigenvalue weighted by molar-refractivity contribution is 7.13. The number of halogens is 3. The molecule has 1 N–H and O–H groups in total. The van der Waals surface area contributed by atoms with Crippen molar-refractivity contribution in [3.8, 4) is 10.4 Å². The van der Waals surface area contributed by atoms with Crippen molar-refractivity contribution in [3.05, 3.63) is 34.5 Å². The number of carbonyl (C=O) groups is 1. The Bertz CT molecular complexity index is 796. The summed E-state index contributed by atoms with van der Waals surface area (Å²) in [6, 6.07) is 4.30. The number of benzene rings is 1. The summed E-state index contributed by atoms with van der Waals surface area (Å²) in [5.74, 6) is 0.302. The van der Waals surface area contributed by atoms with Gasteiger partial charge in [0.15, 0.2) is 5.82 Å². The van der Waals surface area contributed by atoms with Crippen LogP contribution in [-0.4, -0.2) is 41.7 Å². The fourth-order valence-electron chi connectivity index (χ4n) is 3.51. The molecule has 4 heterocycles. The van der Waals surface area contributed by atoms with E-state index in [0.29, 0.717) is 21.4 Å². The van der Waals surface area contributed by atoms with Gasteiger partial charge in [-0.05, 0) is 50.0 Å². The average molecular weight is 418 g/mol. The van der Waals surface area contributed by atoms with E-state index in [1.807, 2.05) is 0 Å². The minimum Gasteiger partial charge on any atom is -0.444 e. The van der Waals surface area contributed by atoms with E-state index in [9.17, 15) is 9.18 Å². The molecule has 140 valence electrons. The van der Waals surface area contributed by atoms with E-state index in [4.69, 9.17) is 16.3 Å². The summed E-state index contributed by atoms with van der Waals surface area (Å²) in [5.41, 5.74) is 1.87. The van der Waals surface area contributed by atoms with Gasteiger partial charge in [0.25, 0.3) is 0 Å². The highest BCUT2D eigenvalue weighted by atomic mass is 35.5. The third-order valence-corrected chi connectivity index (χ3v) is 5.91. The molecular formula is C17H18Cl2FN3O2S. The van der Waals surface area contributed by atoms with Crippen molar-refractivity contribution < 1.29 is 13.9 Å². The molecule has 5 rings (SSSR count). The molecule has 9 heteroatoms. The van der Waals surface area contributed by atoms with Crippen molar-refractivity contribution in [2.24, 2.45) is 5.92 Å². The van der Waals surface area contributed by atoms with Crippen molar-refractivity contribution >= 4 is 47.3 Å². The summed E-state index contributed by atoms with van der Waals surface area (Å²) in [6.07, 6.45) is 1.49. The molecule has 0 spiro atoms. The number of hydrogen-bond acceptors (Lipinski definition) is 5. The molecule has 2 aromatic rings. The van der Waals surface area contributed by atoms with Crippen molar-refractivity contribution in [2.75, 3.05) is 25.0 Å². The second-order valence-electron chi connectivity index (χ2n) is 6.36. The topological polar surface area (TPSA) is 54.5 Å². The zero-order chi connectivity index (χ0) is 17.4. The fourth-order valence-corrected chi connectivity index (χ4v) is 4.44. The van der Waals surface area contributed by atoms with Gasteiger partial charge in [0, 0.05) is 17.1 Å². The molecule has 0 radical (unpaired) electrons. The van der Waals surface area contributed by atoms with Gasteiger partial charge < -0.3 is 4.74 Å². The normalized spacial score (nSPS) is 24.0. The third kappa shape index (κ3) is 3.96. The molecule has 1 aromatic heterocycles. The first-order chi connectivity index (χ1) is 12.1. The standard InChI is InChI=1S/C17H17ClFN3O2S.ClH/c18-11-1-2-13(19)12(7-11)15-16(20-9-25-15)21-17(23)24-14-8-22-5-3-10(14)4-6-22;/h1-2,7,9-10,14H,3-6,8H2,(H,21,23);1H/t14-;/m0./s1. The maximum absolute atomic E-state index is 14.1. The summed E-state index contributed by atoms with van der Waals surface area (Å²) in [5, 5.41) is 3.07. The number of anilines is 1. The molecule has 26 heavy (non-hydrogen) atoms. The number of aromatic nitrogens is 1. The lowest BCUT2D eigenvalue weighted by atomic mass is 9.86. The second-order valence-corrected chi connectivity index (χ2v) is 7.65. The van der Waals surface area contributed by atoms with Gasteiger partial charge in [0.1, 0.15) is 11.9 Å². The molecule has 3 aliphatic rings. The molecular weight excluding hydrogens is 400 g/mol. The van der Waals surface area contributed by atoms with E-state index in [2.05, 4.69) is 15.2 Å². The molecule has 1 aromatic carbocycles. The predicted octanol–water partition coefficient (Wildman–Crippen LogP) is 4.67. The van der Waals surface area contributed by atoms with E-state index in [0.717, 1.165) is 32.5 Å². The van der Waals surface area contributed by atoms with E-state index in [1.54, 1.807) is 5.51 Å². The van der Waals surface area contributed by atoms with Crippen LogP contribution in [-0.2, 0) is 4.74 Å². The van der Waals surface area contributed by atoms with Crippen molar-refractivity contribution in [2.45, 2.75) is 18.9 Å². The maximum atomic E-state index is 14.1. The Morgan fingerprint density at radius 1 is 1.38 bits per heavy atom. The largest absolute Gasteiger partial charge is 0.444 e. The molecule has 0 saturated carbocycles. The van der Waals surface area contributed by atoms with Crippen molar-refractivity contribution in [3.63, 3.8) is 0 Å². The van der Waals surface area contributed by atoms with Crippen molar-refractivity contribution in [1.29, 1.82) is 0 Å². The number of fused-ring (bicyclic) bond motifs is 3. The first kappa shape index (κ1) is 19.4. The first-order valence-electron chi connectivity index (χ1n) is 8.19. The Morgan fingerprint density at radius 3 is 2.85 bits per heavy atom. The monoisotopic (exact) mass is 417 g/mol. The van der Waals surface area contributed by atoms with Gasteiger partial charge in [-0.1, -0.05) is 11.6 Å². The Kier molecular flexibility index (Phi) is 6.02. The van der Waals surface area contributed by atoms with Crippen LogP contribution in [0.15, 0.2) is 23.7 Å². The Balaban J connectivity index is 0.00000196. The number of hydrogen-bond donors (Lipinski definition) is 1. The van der Waals surface area contributed by atoms with E-state index < -0.39 is 11.9 Å². The summed E-state index contributed by atoms with van der Waals surface area (Å²) < 4.78 is 19.7. The molecule has 5 nitrogen and oxygen atoms in total. The van der Waals surface area contributed by atoms with Crippen molar-refractivity contribution in [1.82, 2.24) is 9.88 Å². The highest BCUT2D eigenvalue weighted by Gasteiger charge is 2.36. The number of piperidine rings is 3.